The van der Waals surface area contributed by atoms with E-state index in [-0.39, 0.29) is 18.2 Å². The Kier molecular flexibility index (Phi) is 7.96. The molecular weight excluding hydrogens is 381 g/mol. The third-order valence-electron chi connectivity index (χ3n) is 2.65. The smallest absolute Gasteiger partial charge is 0.240 e. The van der Waals surface area contributed by atoms with E-state index in [0.717, 1.165) is 22.1 Å². The van der Waals surface area contributed by atoms with Crippen LogP contribution in [0.4, 0.5) is 5.69 Å². The van der Waals surface area contributed by atoms with Crippen molar-refractivity contribution in [2.75, 3.05) is 5.32 Å². The fourth-order valence-corrected chi connectivity index (χ4v) is 2.14. The molecule has 6 heteroatoms. The molecule has 0 aliphatic rings. The molecule has 0 fully saturated rings. The Morgan fingerprint density at radius 1 is 1.29 bits per heavy atom. The first-order chi connectivity index (χ1) is 10.0. The van der Waals surface area contributed by atoms with E-state index in [1.807, 2.05) is 31.2 Å². The second-order valence-corrected chi connectivity index (χ2v) is 5.97. The lowest BCUT2D eigenvalue weighted by atomic mass is 10.2. The fourth-order valence-electron chi connectivity index (χ4n) is 1.59. The molecule has 114 valence electrons. The molecule has 5 nitrogen and oxygen atoms in total. The summed E-state index contributed by atoms with van der Waals surface area (Å²) in [5.74, 6) is -0.268. The third kappa shape index (κ3) is 7.79. The molecule has 2 N–H and O–H groups in total. The minimum absolute atomic E-state index is 0.116. The van der Waals surface area contributed by atoms with Gasteiger partial charge in [-0.3, -0.25) is 9.59 Å². The molecule has 0 atom stereocenters. The SMILES string of the molecule is CCCCC(=O)NN=C(C)CC(=O)Nc1cccc(I)c1. The second kappa shape index (κ2) is 9.49. The lowest BCUT2D eigenvalue weighted by Crippen LogP contribution is -2.21. The number of anilines is 1. The molecule has 0 bridgehead atoms. The van der Waals surface area contributed by atoms with Gasteiger partial charge in [0.2, 0.25) is 11.8 Å². The number of nitrogens with one attached hydrogen (secondary N) is 2. The molecule has 0 aliphatic carbocycles. The Hall–Kier alpha value is -1.44. The Morgan fingerprint density at radius 2 is 2.05 bits per heavy atom. The van der Waals surface area contributed by atoms with Crippen molar-refractivity contribution >= 4 is 45.8 Å². The molecule has 0 saturated carbocycles. The van der Waals surface area contributed by atoms with E-state index >= 15 is 0 Å². The molecule has 1 aromatic carbocycles. The normalized spacial score (nSPS) is 11.1. The fraction of sp³-hybridized carbons (Fsp3) is 0.400. The molecule has 0 aromatic heterocycles. The first-order valence-electron chi connectivity index (χ1n) is 6.88. The summed E-state index contributed by atoms with van der Waals surface area (Å²) >= 11 is 2.19. The van der Waals surface area contributed by atoms with Crippen molar-refractivity contribution in [3.8, 4) is 0 Å². The van der Waals surface area contributed by atoms with Gasteiger partial charge >= 0.3 is 0 Å². The monoisotopic (exact) mass is 401 g/mol. The molecule has 1 rings (SSSR count). The second-order valence-electron chi connectivity index (χ2n) is 4.72. The highest BCUT2D eigenvalue weighted by atomic mass is 127. The predicted molar refractivity (Wildman–Crippen MR) is 93.2 cm³/mol. The summed E-state index contributed by atoms with van der Waals surface area (Å²) in [7, 11) is 0. The Bertz CT molecular complexity index is 529. The highest BCUT2D eigenvalue weighted by Gasteiger charge is 2.05. The summed E-state index contributed by atoms with van der Waals surface area (Å²) in [5.41, 5.74) is 3.79. The first-order valence-corrected chi connectivity index (χ1v) is 7.96. The van der Waals surface area contributed by atoms with Gasteiger partial charge in [0, 0.05) is 21.4 Å². The maximum atomic E-state index is 11.8. The number of unbranched alkanes of at least 4 members (excludes halogenated alkanes) is 1. The van der Waals surface area contributed by atoms with E-state index in [1.54, 1.807) is 6.92 Å². The van der Waals surface area contributed by atoms with Crippen LogP contribution in [0.1, 0.15) is 39.5 Å². The molecular formula is C15H20IN3O2. The van der Waals surface area contributed by atoms with E-state index in [4.69, 9.17) is 0 Å². The van der Waals surface area contributed by atoms with Gasteiger partial charge < -0.3 is 5.32 Å². The Morgan fingerprint density at radius 3 is 2.71 bits per heavy atom. The number of carbonyl (C=O) groups is 2. The van der Waals surface area contributed by atoms with Gasteiger partial charge in [0.1, 0.15) is 0 Å². The molecule has 0 saturated heterocycles. The van der Waals surface area contributed by atoms with Crippen LogP contribution in [0, 0.1) is 3.57 Å². The van der Waals surface area contributed by atoms with Crippen molar-refractivity contribution in [3.63, 3.8) is 0 Å². The number of halogens is 1. The van der Waals surface area contributed by atoms with Crippen molar-refractivity contribution in [1.29, 1.82) is 0 Å². The third-order valence-corrected chi connectivity index (χ3v) is 3.32. The van der Waals surface area contributed by atoms with Crippen LogP contribution < -0.4 is 10.7 Å². The van der Waals surface area contributed by atoms with Crippen molar-refractivity contribution < 1.29 is 9.59 Å². The lowest BCUT2D eigenvalue weighted by molar-refractivity contribution is -0.121. The molecule has 1 aromatic rings. The minimum Gasteiger partial charge on any atom is -0.326 e. The van der Waals surface area contributed by atoms with Gasteiger partial charge in [0.25, 0.3) is 0 Å². The van der Waals surface area contributed by atoms with Gasteiger partial charge in [0.05, 0.1) is 6.42 Å². The van der Waals surface area contributed by atoms with Crippen LogP contribution in [0.5, 0.6) is 0 Å². The molecule has 2 amide bonds. The number of hydrogen-bond acceptors (Lipinski definition) is 3. The van der Waals surface area contributed by atoms with Gasteiger partial charge in [0.15, 0.2) is 0 Å². The van der Waals surface area contributed by atoms with Crippen LogP contribution in [0.2, 0.25) is 0 Å². The van der Waals surface area contributed by atoms with Crippen molar-refractivity contribution in [2.45, 2.75) is 39.5 Å². The van der Waals surface area contributed by atoms with E-state index in [2.05, 4.69) is 38.4 Å². The van der Waals surface area contributed by atoms with Gasteiger partial charge in [-0.15, -0.1) is 0 Å². The number of hydrogen-bond donors (Lipinski definition) is 2. The van der Waals surface area contributed by atoms with Crippen molar-refractivity contribution in [2.24, 2.45) is 5.10 Å². The molecule has 0 heterocycles. The quantitative estimate of drug-likeness (QED) is 0.418. The summed E-state index contributed by atoms with van der Waals surface area (Å²) in [4.78, 5) is 23.2. The summed E-state index contributed by atoms with van der Waals surface area (Å²) in [6, 6.07) is 7.55. The van der Waals surface area contributed by atoms with Crippen LogP contribution in [0.15, 0.2) is 29.4 Å². The van der Waals surface area contributed by atoms with Gasteiger partial charge in [-0.25, -0.2) is 5.43 Å². The molecule has 0 aliphatic heterocycles. The van der Waals surface area contributed by atoms with Gasteiger partial charge in [-0.2, -0.15) is 5.10 Å². The number of nitrogens with zero attached hydrogens (tertiary/aromatic N) is 1. The number of rotatable bonds is 7. The predicted octanol–water partition coefficient (Wildman–Crippen LogP) is 3.30. The molecule has 0 spiro atoms. The highest BCUT2D eigenvalue weighted by molar-refractivity contribution is 14.1. The summed E-state index contributed by atoms with van der Waals surface area (Å²) in [6.45, 7) is 3.74. The summed E-state index contributed by atoms with van der Waals surface area (Å²) in [6.07, 6.45) is 2.42. The Balaban J connectivity index is 2.41. The highest BCUT2D eigenvalue weighted by Crippen LogP contribution is 2.12. The van der Waals surface area contributed by atoms with Crippen LogP contribution in [0.25, 0.3) is 0 Å². The minimum atomic E-state index is -0.152. The van der Waals surface area contributed by atoms with Gasteiger partial charge in [-0.05, 0) is 54.1 Å². The maximum absolute atomic E-state index is 11.8. The number of carbonyl (C=O) groups excluding carboxylic acids is 2. The zero-order chi connectivity index (χ0) is 15.7. The maximum Gasteiger partial charge on any atom is 0.240 e. The van der Waals surface area contributed by atoms with Crippen molar-refractivity contribution in [1.82, 2.24) is 5.43 Å². The zero-order valence-corrected chi connectivity index (χ0v) is 14.4. The average molecular weight is 401 g/mol. The van der Waals surface area contributed by atoms with E-state index in [1.165, 1.54) is 0 Å². The standard InChI is InChI=1S/C15H20IN3O2/c1-3-4-8-14(20)19-18-11(2)9-15(21)17-13-7-5-6-12(16)10-13/h5-7,10H,3-4,8-9H2,1-2H3,(H,17,21)(H,19,20). The molecule has 21 heavy (non-hydrogen) atoms. The lowest BCUT2D eigenvalue weighted by Gasteiger charge is -2.06. The van der Waals surface area contributed by atoms with E-state index < -0.39 is 0 Å². The zero-order valence-electron chi connectivity index (χ0n) is 12.3. The average Bonchev–Trinajstić information content (AvgIpc) is 2.42. The van der Waals surface area contributed by atoms with Gasteiger partial charge in [-0.1, -0.05) is 19.4 Å². The van der Waals surface area contributed by atoms with E-state index in [9.17, 15) is 9.59 Å². The number of benzene rings is 1. The summed E-state index contributed by atoms with van der Waals surface area (Å²) in [5, 5.41) is 6.73. The molecule has 0 unspecified atom stereocenters. The number of hydrazone groups is 1. The van der Waals surface area contributed by atoms with Crippen LogP contribution in [0.3, 0.4) is 0 Å². The largest absolute Gasteiger partial charge is 0.326 e. The Labute approximate surface area is 138 Å². The van der Waals surface area contributed by atoms with Crippen LogP contribution in [-0.4, -0.2) is 17.5 Å². The molecule has 0 radical (unpaired) electrons. The topological polar surface area (TPSA) is 70.6 Å². The van der Waals surface area contributed by atoms with Crippen molar-refractivity contribution in [3.05, 3.63) is 27.8 Å². The van der Waals surface area contributed by atoms with Crippen LogP contribution >= 0.6 is 22.6 Å². The van der Waals surface area contributed by atoms with E-state index in [0.29, 0.717) is 12.1 Å². The summed E-state index contributed by atoms with van der Waals surface area (Å²) < 4.78 is 1.05. The number of amides is 2. The van der Waals surface area contributed by atoms with Crippen LogP contribution in [-0.2, 0) is 9.59 Å². The first kappa shape index (κ1) is 17.6.